The summed E-state index contributed by atoms with van der Waals surface area (Å²) in [6.07, 6.45) is 0.984. The number of aromatic nitrogens is 1. The molecule has 1 aromatic heterocycles. The number of H-pyrrole nitrogens is 1. The fraction of sp³-hybridized carbons (Fsp3) is 0.550. The highest BCUT2D eigenvalue weighted by atomic mass is 32.2. The number of rotatable bonds is 3. The summed E-state index contributed by atoms with van der Waals surface area (Å²) in [5.41, 5.74) is 3.62. The van der Waals surface area contributed by atoms with Crippen LogP contribution in [0.1, 0.15) is 35.0 Å². The Hall–Kier alpha value is -1.86. The third kappa shape index (κ3) is 3.17. The van der Waals surface area contributed by atoms with E-state index in [-0.39, 0.29) is 29.5 Å². The van der Waals surface area contributed by atoms with Gasteiger partial charge < -0.3 is 9.88 Å². The molecule has 146 valence electrons. The van der Waals surface area contributed by atoms with Crippen LogP contribution in [0.25, 0.3) is 10.9 Å². The number of hydrogen-bond acceptors (Lipinski definition) is 4. The first-order valence-electron chi connectivity index (χ1n) is 9.65. The summed E-state index contributed by atoms with van der Waals surface area (Å²) < 4.78 is 24.6. The third-order valence-corrected chi connectivity index (χ3v) is 7.69. The van der Waals surface area contributed by atoms with Gasteiger partial charge in [0.25, 0.3) is 5.91 Å². The van der Waals surface area contributed by atoms with Crippen LogP contribution in [-0.4, -0.2) is 72.3 Å². The van der Waals surface area contributed by atoms with E-state index in [1.165, 1.54) is 0 Å². The molecule has 4 rings (SSSR count). The Bertz CT molecular complexity index is 995. The maximum Gasteiger partial charge on any atom is 0.270 e. The van der Waals surface area contributed by atoms with Crippen LogP contribution < -0.4 is 0 Å². The number of aromatic amines is 1. The molecule has 0 saturated carbocycles. The molecule has 3 heterocycles. The van der Waals surface area contributed by atoms with Crippen molar-refractivity contribution in [1.82, 2.24) is 14.8 Å². The summed E-state index contributed by atoms with van der Waals surface area (Å²) in [6.45, 7) is 8.28. The average molecular weight is 390 g/mol. The van der Waals surface area contributed by atoms with Crippen LogP contribution in [0.5, 0.6) is 0 Å². The molecular formula is C20H27N3O3S. The first-order valence-corrected chi connectivity index (χ1v) is 11.5. The van der Waals surface area contributed by atoms with Gasteiger partial charge in [0.2, 0.25) is 0 Å². The van der Waals surface area contributed by atoms with Gasteiger partial charge in [-0.15, -0.1) is 0 Å². The largest absolute Gasteiger partial charge is 0.350 e. The van der Waals surface area contributed by atoms with E-state index in [1.807, 2.05) is 26.0 Å². The molecule has 2 fully saturated rings. The third-order valence-electron chi connectivity index (χ3n) is 5.99. The molecule has 2 atom stereocenters. The topological polar surface area (TPSA) is 73.5 Å². The quantitative estimate of drug-likeness (QED) is 0.873. The van der Waals surface area contributed by atoms with Crippen LogP contribution in [0.2, 0.25) is 0 Å². The molecular weight excluding hydrogens is 362 g/mol. The number of nitrogens with one attached hydrogen (secondary N) is 1. The summed E-state index contributed by atoms with van der Waals surface area (Å²) in [4.78, 5) is 20.7. The number of piperazine rings is 1. The van der Waals surface area contributed by atoms with Crippen molar-refractivity contribution in [1.29, 1.82) is 0 Å². The summed E-state index contributed by atoms with van der Waals surface area (Å²) in [5, 5.41) is 1.05. The standard InChI is InChI=1S/C20H27N3O3S/c1-4-7-22-8-9-23(18-12-27(25,26)11-17(18)22)20(24)19-14(3)15-10-13(2)5-6-16(15)21-19/h5-6,10,17-18,21H,4,7-9,11-12H2,1-3H3. The van der Waals surface area contributed by atoms with E-state index in [9.17, 15) is 13.2 Å². The second-order valence-corrected chi connectivity index (χ2v) is 10.1. The number of nitrogens with zero attached hydrogens (tertiary/aromatic N) is 2. The lowest BCUT2D eigenvalue weighted by molar-refractivity contribution is 0.0328. The number of aryl methyl sites for hydroxylation is 2. The predicted molar refractivity (Wildman–Crippen MR) is 107 cm³/mol. The molecule has 7 heteroatoms. The Kier molecular flexibility index (Phi) is 4.55. The molecule has 2 aliphatic rings. The molecule has 2 saturated heterocycles. The van der Waals surface area contributed by atoms with E-state index in [0.29, 0.717) is 12.2 Å². The van der Waals surface area contributed by atoms with Gasteiger partial charge in [0, 0.05) is 30.0 Å². The van der Waals surface area contributed by atoms with Crippen molar-refractivity contribution in [2.24, 2.45) is 0 Å². The Morgan fingerprint density at radius 2 is 1.93 bits per heavy atom. The molecule has 1 amide bonds. The summed E-state index contributed by atoms with van der Waals surface area (Å²) in [7, 11) is -3.11. The van der Waals surface area contributed by atoms with Gasteiger partial charge in [-0.25, -0.2) is 8.42 Å². The second-order valence-electron chi connectivity index (χ2n) is 7.92. The molecule has 0 radical (unpaired) electrons. The Morgan fingerprint density at radius 1 is 1.19 bits per heavy atom. The number of carbonyl (C=O) groups excluding carboxylic acids is 1. The van der Waals surface area contributed by atoms with Gasteiger partial charge in [0.15, 0.2) is 9.84 Å². The fourth-order valence-corrected chi connectivity index (χ4v) is 6.65. The number of benzene rings is 1. The number of sulfone groups is 1. The minimum absolute atomic E-state index is 0.0714. The van der Waals surface area contributed by atoms with Crippen molar-refractivity contribution in [2.45, 2.75) is 39.3 Å². The molecule has 2 aliphatic heterocycles. The Balaban J connectivity index is 1.69. The lowest BCUT2D eigenvalue weighted by atomic mass is 10.0. The van der Waals surface area contributed by atoms with Crippen LogP contribution in [-0.2, 0) is 9.84 Å². The first-order chi connectivity index (χ1) is 12.8. The molecule has 6 nitrogen and oxygen atoms in total. The highest BCUT2D eigenvalue weighted by Gasteiger charge is 2.48. The fourth-order valence-electron chi connectivity index (χ4n) is 4.64. The SMILES string of the molecule is CCCN1CCN(C(=O)c2[nH]c3ccc(C)cc3c2C)C2CS(=O)(=O)CC21. The van der Waals surface area contributed by atoms with E-state index >= 15 is 0 Å². The van der Waals surface area contributed by atoms with E-state index in [4.69, 9.17) is 0 Å². The van der Waals surface area contributed by atoms with Crippen LogP contribution in [0.4, 0.5) is 0 Å². The van der Waals surface area contributed by atoms with Gasteiger partial charge in [-0.3, -0.25) is 9.69 Å². The number of carbonyl (C=O) groups is 1. The van der Waals surface area contributed by atoms with Crippen LogP contribution in [0, 0.1) is 13.8 Å². The monoisotopic (exact) mass is 389 g/mol. The summed E-state index contributed by atoms with van der Waals surface area (Å²) in [5.74, 6) is 0.151. The minimum Gasteiger partial charge on any atom is -0.350 e. The molecule has 0 aliphatic carbocycles. The van der Waals surface area contributed by atoms with E-state index < -0.39 is 9.84 Å². The molecule has 0 spiro atoms. The molecule has 2 unspecified atom stereocenters. The molecule has 27 heavy (non-hydrogen) atoms. The first kappa shape index (κ1) is 18.5. The van der Waals surface area contributed by atoms with Crippen LogP contribution in [0.3, 0.4) is 0 Å². The van der Waals surface area contributed by atoms with Crippen molar-refractivity contribution < 1.29 is 13.2 Å². The zero-order valence-corrected chi connectivity index (χ0v) is 17.0. The molecule has 0 bridgehead atoms. The number of amides is 1. The van der Waals surface area contributed by atoms with Gasteiger partial charge in [0.05, 0.1) is 17.5 Å². The van der Waals surface area contributed by atoms with Gasteiger partial charge in [-0.2, -0.15) is 0 Å². The molecule has 2 aromatic rings. The predicted octanol–water partition coefficient (Wildman–Crippen LogP) is 2.12. The second kappa shape index (κ2) is 6.63. The highest BCUT2D eigenvalue weighted by molar-refractivity contribution is 7.91. The number of fused-ring (bicyclic) bond motifs is 2. The lowest BCUT2D eigenvalue weighted by Crippen LogP contribution is -2.60. The van der Waals surface area contributed by atoms with E-state index in [0.717, 1.165) is 41.5 Å². The van der Waals surface area contributed by atoms with Gasteiger partial charge >= 0.3 is 0 Å². The van der Waals surface area contributed by atoms with E-state index in [2.05, 4.69) is 22.9 Å². The maximum absolute atomic E-state index is 13.4. The Labute approximate surface area is 160 Å². The van der Waals surface area contributed by atoms with Crippen molar-refractivity contribution in [3.05, 3.63) is 35.0 Å². The summed E-state index contributed by atoms with van der Waals surface area (Å²) >= 11 is 0. The average Bonchev–Trinajstić information content (AvgIpc) is 3.11. The molecule has 1 aromatic carbocycles. The van der Waals surface area contributed by atoms with Crippen molar-refractivity contribution >= 4 is 26.6 Å². The summed E-state index contributed by atoms with van der Waals surface area (Å²) in [6, 6.07) is 5.77. The van der Waals surface area contributed by atoms with Crippen molar-refractivity contribution in [3.8, 4) is 0 Å². The normalized spacial score (nSPS) is 25.1. The van der Waals surface area contributed by atoms with Crippen molar-refractivity contribution in [2.75, 3.05) is 31.1 Å². The Morgan fingerprint density at radius 3 is 2.67 bits per heavy atom. The lowest BCUT2D eigenvalue weighted by Gasteiger charge is -2.43. The molecule has 1 N–H and O–H groups in total. The zero-order valence-electron chi connectivity index (χ0n) is 16.2. The van der Waals surface area contributed by atoms with E-state index in [1.54, 1.807) is 4.90 Å². The van der Waals surface area contributed by atoms with Gasteiger partial charge in [0.1, 0.15) is 5.69 Å². The van der Waals surface area contributed by atoms with Gasteiger partial charge in [-0.05, 0) is 44.5 Å². The minimum atomic E-state index is -3.11. The van der Waals surface area contributed by atoms with Gasteiger partial charge in [-0.1, -0.05) is 18.6 Å². The van der Waals surface area contributed by atoms with Crippen molar-refractivity contribution in [3.63, 3.8) is 0 Å². The van der Waals surface area contributed by atoms with Crippen LogP contribution in [0.15, 0.2) is 18.2 Å². The number of hydrogen-bond donors (Lipinski definition) is 1. The smallest absolute Gasteiger partial charge is 0.270 e. The maximum atomic E-state index is 13.4. The highest BCUT2D eigenvalue weighted by Crippen LogP contribution is 2.30. The zero-order chi connectivity index (χ0) is 19.3. The van der Waals surface area contributed by atoms with Crippen LogP contribution >= 0.6 is 0 Å².